The summed E-state index contributed by atoms with van der Waals surface area (Å²) < 4.78 is 5.20. The second kappa shape index (κ2) is 4.13. The Labute approximate surface area is 72.7 Å². The van der Waals surface area contributed by atoms with Gasteiger partial charge in [-0.1, -0.05) is 5.92 Å². The summed E-state index contributed by atoms with van der Waals surface area (Å²) in [5.41, 5.74) is 0. The first-order valence-corrected chi connectivity index (χ1v) is 4.07. The number of rotatable bonds is 0. The monoisotopic (exact) mass is 167 g/mol. The number of hydrogen-bond donors (Lipinski definition) is 0. The zero-order valence-electron chi connectivity index (χ0n) is 7.46. The van der Waals surface area contributed by atoms with Gasteiger partial charge in [-0.2, -0.15) is 0 Å². The molecule has 0 radical (unpaired) electrons. The Morgan fingerprint density at radius 3 is 3.00 bits per heavy atom. The van der Waals surface area contributed by atoms with Gasteiger partial charge >= 0.3 is 0 Å². The molecule has 0 spiro atoms. The van der Waals surface area contributed by atoms with Crippen molar-refractivity contribution < 1.29 is 9.53 Å². The molecule has 1 amide bonds. The van der Waals surface area contributed by atoms with Crippen molar-refractivity contribution in [3.8, 4) is 11.8 Å². The van der Waals surface area contributed by atoms with E-state index >= 15 is 0 Å². The topological polar surface area (TPSA) is 29.5 Å². The third kappa shape index (κ3) is 1.99. The molecule has 0 N–H and O–H groups in total. The van der Waals surface area contributed by atoms with E-state index in [2.05, 4.69) is 11.8 Å². The number of ether oxygens (including phenoxy) is 1. The lowest BCUT2D eigenvalue weighted by molar-refractivity contribution is -0.132. The van der Waals surface area contributed by atoms with Crippen LogP contribution in [0.4, 0.5) is 0 Å². The summed E-state index contributed by atoms with van der Waals surface area (Å²) in [5, 5.41) is 0. The van der Waals surface area contributed by atoms with E-state index in [1.54, 1.807) is 11.8 Å². The smallest absolute Gasteiger partial charge is 0.298 e. The third-order valence-electron chi connectivity index (χ3n) is 1.86. The van der Waals surface area contributed by atoms with Crippen molar-refractivity contribution in [3.05, 3.63) is 0 Å². The molecule has 0 aromatic rings. The van der Waals surface area contributed by atoms with E-state index in [4.69, 9.17) is 4.74 Å². The lowest BCUT2D eigenvalue weighted by Gasteiger charge is -2.31. The van der Waals surface area contributed by atoms with E-state index in [0.717, 1.165) is 0 Å². The van der Waals surface area contributed by atoms with Gasteiger partial charge in [0.2, 0.25) is 0 Å². The average Bonchev–Trinajstić information content (AvgIpc) is 2.05. The zero-order valence-corrected chi connectivity index (χ0v) is 7.46. The maximum atomic E-state index is 11.3. The number of morpholine rings is 1. The van der Waals surface area contributed by atoms with E-state index in [1.165, 1.54) is 0 Å². The van der Waals surface area contributed by atoms with E-state index < -0.39 is 0 Å². The number of nitrogens with zero attached hydrogens (tertiary/aromatic N) is 1. The van der Waals surface area contributed by atoms with Crippen molar-refractivity contribution >= 4 is 5.91 Å². The molecular formula is C9H13NO2. The van der Waals surface area contributed by atoms with Crippen LogP contribution in [0.3, 0.4) is 0 Å². The molecule has 12 heavy (non-hydrogen) atoms. The Kier molecular flexibility index (Phi) is 3.12. The molecule has 1 aliphatic heterocycles. The number of carbonyl (C=O) groups excluding carboxylic acids is 1. The summed E-state index contributed by atoms with van der Waals surface area (Å²) in [7, 11) is 0. The second-order valence-electron chi connectivity index (χ2n) is 2.80. The second-order valence-corrected chi connectivity index (χ2v) is 2.80. The Morgan fingerprint density at radius 2 is 2.42 bits per heavy atom. The molecule has 0 saturated carbocycles. The fraction of sp³-hybridized carbons (Fsp3) is 0.667. The summed E-state index contributed by atoms with van der Waals surface area (Å²) in [6.07, 6.45) is 0. The van der Waals surface area contributed by atoms with Gasteiger partial charge in [0.05, 0.1) is 19.3 Å². The predicted octanol–water partition coefficient (Wildman–Crippen LogP) is 0.257. The molecule has 0 aliphatic carbocycles. The fourth-order valence-corrected chi connectivity index (χ4v) is 1.21. The third-order valence-corrected chi connectivity index (χ3v) is 1.86. The summed E-state index contributed by atoms with van der Waals surface area (Å²) in [5.74, 6) is 5.04. The molecule has 0 bridgehead atoms. The lowest BCUT2D eigenvalue weighted by Crippen LogP contribution is -2.46. The van der Waals surface area contributed by atoms with Gasteiger partial charge in [-0.05, 0) is 19.8 Å². The number of carbonyl (C=O) groups is 1. The highest BCUT2D eigenvalue weighted by Crippen LogP contribution is 2.05. The van der Waals surface area contributed by atoms with Gasteiger partial charge in [0.1, 0.15) is 0 Å². The van der Waals surface area contributed by atoms with Crippen LogP contribution >= 0.6 is 0 Å². The normalized spacial score (nSPS) is 22.8. The lowest BCUT2D eigenvalue weighted by atomic mass is 10.2. The van der Waals surface area contributed by atoms with Crippen molar-refractivity contribution in [2.75, 3.05) is 19.8 Å². The van der Waals surface area contributed by atoms with Gasteiger partial charge in [0.25, 0.3) is 5.91 Å². The van der Waals surface area contributed by atoms with Gasteiger partial charge in [-0.25, -0.2) is 0 Å². The van der Waals surface area contributed by atoms with Gasteiger partial charge < -0.3 is 9.64 Å². The maximum absolute atomic E-state index is 11.3. The minimum Gasteiger partial charge on any atom is -0.377 e. The highest BCUT2D eigenvalue weighted by molar-refractivity contribution is 5.93. The molecule has 1 aliphatic rings. The largest absolute Gasteiger partial charge is 0.377 e. The van der Waals surface area contributed by atoms with Crippen LogP contribution in [-0.4, -0.2) is 36.6 Å². The Bertz CT molecular complexity index is 226. The van der Waals surface area contributed by atoms with Crippen LogP contribution in [0.1, 0.15) is 13.8 Å². The molecule has 1 saturated heterocycles. The Balaban J connectivity index is 2.57. The summed E-state index contributed by atoms with van der Waals surface area (Å²) in [4.78, 5) is 13.1. The molecule has 1 rings (SSSR count). The zero-order chi connectivity index (χ0) is 8.97. The quantitative estimate of drug-likeness (QED) is 0.484. The van der Waals surface area contributed by atoms with Crippen molar-refractivity contribution in [2.45, 2.75) is 19.9 Å². The van der Waals surface area contributed by atoms with Gasteiger partial charge in [0, 0.05) is 6.54 Å². The van der Waals surface area contributed by atoms with E-state index in [0.29, 0.717) is 19.8 Å². The first-order valence-electron chi connectivity index (χ1n) is 4.07. The average molecular weight is 167 g/mol. The highest BCUT2D eigenvalue weighted by atomic mass is 16.5. The molecule has 3 heteroatoms. The molecule has 1 heterocycles. The summed E-state index contributed by atoms with van der Waals surface area (Å²) in [6.45, 7) is 5.55. The molecule has 3 nitrogen and oxygen atoms in total. The van der Waals surface area contributed by atoms with Crippen LogP contribution in [0.2, 0.25) is 0 Å². The van der Waals surface area contributed by atoms with E-state index in [9.17, 15) is 4.79 Å². The van der Waals surface area contributed by atoms with Crippen LogP contribution < -0.4 is 0 Å². The fourth-order valence-electron chi connectivity index (χ4n) is 1.21. The van der Waals surface area contributed by atoms with Crippen LogP contribution in [0.15, 0.2) is 0 Å². The van der Waals surface area contributed by atoms with Gasteiger partial charge in [0.15, 0.2) is 0 Å². The Morgan fingerprint density at radius 1 is 1.67 bits per heavy atom. The minimum atomic E-state index is -0.0895. The van der Waals surface area contributed by atoms with Crippen molar-refractivity contribution in [2.24, 2.45) is 0 Å². The van der Waals surface area contributed by atoms with Gasteiger partial charge in [-0.15, -0.1) is 0 Å². The first kappa shape index (κ1) is 9.08. The summed E-state index contributed by atoms with van der Waals surface area (Å²) >= 11 is 0. The van der Waals surface area contributed by atoms with Crippen molar-refractivity contribution in [1.82, 2.24) is 4.90 Å². The number of amides is 1. The molecule has 0 aromatic carbocycles. The molecule has 0 aromatic heterocycles. The van der Waals surface area contributed by atoms with Crippen LogP contribution in [0.25, 0.3) is 0 Å². The van der Waals surface area contributed by atoms with Crippen LogP contribution in [0.5, 0.6) is 0 Å². The standard InChI is InChI=1S/C9H13NO2/c1-3-4-9(11)10-5-6-12-7-8(10)2/h8H,5-7H2,1-2H3/t8-/m1/s1. The van der Waals surface area contributed by atoms with E-state index in [-0.39, 0.29) is 11.9 Å². The molecular weight excluding hydrogens is 154 g/mol. The first-order chi connectivity index (χ1) is 5.75. The SMILES string of the molecule is CC#CC(=O)N1CCOC[C@H]1C. The summed E-state index contributed by atoms with van der Waals surface area (Å²) in [6, 6.07) is 0.159. The number of hydrogen-bond acceptors (Lipinski definition) is 2. The molecule has 0 unspecified atom stereocenters. The van der Waals surface area contributed by atoms with Crippen molar-refractivity contribution in [1.29, 1.82) is 0 Å². The maximum Gasteiger partial charge on any atom is 0.298 e. The molecule has 66 valence electrons. The molecule has 1 atom stereocenters. The predicted molar refractivity (Wildman–Crippen MR) is 45.4 cm³/mol. The van der Waals surface area contributed by atoms with E-state index in [1.807, 2.05) is 6.92 Å². The van der Waals surface area contributed by atoms with Crippen LogP contribution in [0, 0.1) is 11.8 Å². The Hall–Kier alpha value is -1.01. The molecule has 1 fully saturated rings. The highest BCUT2D eigenvalue weighted by Gasteiger charge is 2.21. The van der Waals surface area contributed by atoms with Gasteiger partial charge in [-0.3, -0.25) is 4.79 Å². The van der Waals surface area contributed by atoms with Crippen LogP contribution in [-0.2, 0) is 9.53 Å². The minimum absolute atomic E-state index is 0.0895. The van der Waals surface area contributed by atoms with Crippen molar-refractivity contribution in [3.63, 3.8) is 0 Å².